The first-order valence-electron chi connectivity index (χ1n) is 47.3. The van der Waals surface area contributed by atoms with E-state index >= 15 is 0 Å². The highest BCUT2D eigenvalue weighted by molar-refractivity contribution is 7.20. The summed E-state index contributed by atoms with van der Waals surface area (Å²) in [7, 11) is -6.45. The maximum atomic E-state index is 10.5. The molecule has 12 aromatic carbocycles. The third-order valence-corrected chi connectivity index (χ3v) is 22.8. The molecule has 0 fully saturated rings. The topological polar surface area (TPSA) is 35.9 Å². The number of fused-ring (bicyclic) bond motifs is 4. The van der Waals surface area contributed by atoms with Crippen LogP contribution >= 0.6 is 0 Å². The van der Waals surface area contributed by atoms with Crippen LogP contribution < -0.4 is 30.1 Å². The molecule has 0 radical (unpaired) electrons. The van der Waals surface area contributed by atoms with E-state index in [0.717, 1.165) is 22.1 Å². The van der Waals surface area contributed by atoms with Gasteiger partial charge in [0.25, 0.3) is 6.33 Å². The number of ether oxygens (including phenoxy) is 1. The average Bonchev–Trinajstić information content (AvgIpc) is 1.14. The van der Waals surface area contributed by atoms with E-state index in [-0.39, 0.29) is 61.9 Å². The van der Waals surface area contributed by atoms with Crippen LogP contribution in [-0.4, -0.2) is 22.2 Å². The standard InChI is InChI=1S/C95H88N4OSi/c1-64-50-90(96-62-84(64)66-34-21-15-22-35-66)99-85-45-30-29-44-81(85)82-48-47-77(61-87(82)99)100-76-37-31-36-75(60-76)97-63-98(86-49-46-67(56-88(86)97)68-51-71(92(2,3)4)58-72(52-68)93(5,6)7)91-83(70-53-73(94(8,9)10)59-74(54-70)95(11,12)13)55-69(65-32-19-14-20-33-65)57-89(91)101(78-38-23-16-24-39-78,79-40-25-17-26-41-79)80-42-27-18-28-43-80/h14-62H,1-13H3/i1D3,14D,15D,16D,17D,18D,19D,20D,21D,22D,23D,24D,25D,26D,27D,28D,32D,33D,34D,35D,38D,39D,40D,41D,42D,43D. The number of aromatic nitrogens is 4. The maximum absolute atomic E-state index is 10.5. The molecule has 3 heterocycles. The second-order valence-corrected chi connectivity index (χ2v) is 33.0. The average molecular weight is 1360 g/mol. The Morgan fingerprint density at radius 3 is 1.50 bits per heavy atom. The molecule has 0 saturated carbocycles. The van der Waals surface area contributed by atoms with Gasteiger partial charge >= 0.3 is 0 Å². The molecule has 0 spiro atoms. The van der Waals surface area contributed by atoms with Gasteiger partial charge < -0.3 is 4.74 Å². The Balaban J connectivity index is 1.13. The van der Waals surface area contributed by atoms with E-state index in [4.69, 9.17) is 22.1 Å². The summed E-state index contributed by atoms with van der Waals surface area (Å²) in [6.07, 6.45) is 4.87. The molecule has 101 heavy (non-hydrogen) atoms. The summed E-state index contributed by atoms with van der Waals surface area (Å²) in [5.74, 6) is 0.517. The Hall–Kier alpha value is -10.9. The molecule has 15 rings (SSSR count). The zero-order chi connectivity index (χ0) is 94.4. The van der Waals surface area contributed by atoms with Crippen molar-refractivity contribution in [3.05, 3.63) is 331 Å². The second kappa shape index (κ2) is 25.7. The van der Waals surface area contributed by atoms with Crippen LogP contribution in [0.15, 0.2) is 297 Å². The highest BCUT2D eigenvalue weighted by Gasteiger charge is 2.45. The first-order chi connectivity index (χ1) is 60.0. The minimum Gasteiger partial charge on any atom is -0.458 e. The summed E-state index contributed by atoms with van der Waals surface area (Å²) in [5.41, 5.74) is 2.79. The minimum absolute atomic E-state index is 0.00617. The lowest BCUT2D eigenvalue weighted by atomic mass is 9.78. The first kappa shape index (κ1) is 41.0. The van der Waals surface area contributed by atoms with Gasteiger partial charge in [0.05, 0.1) is 67.7 Å². The Kier molecular flexibility index (Phi) is 10.4. The summed E-state index contributed by atoms with van der Waals surface area (Å²) in [6.45, 7) is 21.5. The molecule has 3 aromatic heterocycles. The molecule has 0 bridgehead atoms. The van der Waals surface area contributed by atoms with Crippen LogP contribution in [0.3, 0.4) is 0 Å². The molecule has 0 aliphatic heterocycles. The number of para-hydroxylation sites is 1. The number of pyridine rings is 1. The summed E-state index contributed by atoms with van der Waals surface area (Å²) < 4.78 is 278. The third kappa shape index (κ3) is 12.4. The summed E-state index contributed by atoms with van der Waals surface area (Å²) in [5, 5.41) is -1.70. The van der Waals surface area contributed by atoms with Crippen molar-refractivity contribution in [2.75, 3.05) is 0 Å². The predicted octanol–water partition coefficient (Wildman–Crippen LogP) is 21.5. The van der Waals surface area contributed by atoms with E-state index in [0.29, 0.717) is 44.3 Å². The van der Waals surface area contributed by atoms with E-state index < -0.39 is 214 Å². The molecular weight excluding hydrogens is 1240 g/mol. The number of hydrogen-bond donors (Lipinski definition) is 0. The van der Waals surface area contributed by atoms with Gasteiger partial charge in [0, 0.05) is 32.7 Å². The Labute approximate surface area is 637 Å². The van der Waals surface area contributed by atoms with Gasteiger partial charge in [0.15, 0.2) is 8.07 Å². The van der Waals surface area contributed by atoms with E-state index in [9.17, 15) is 26.0 Å². The number of nitrogens with zero attached hydrogens (tertiary/aromatic N) is 4. The fraction of sp³-hybridized carbons (Fsp3) is 0.179. The summed E-state index contributed by atoms with van der Waals surface area (Å²) in [4.78, 5) is 4.78. The van der Waals surface area contributed by atoms with Crippen LogP contribution in [0.25, 0.3) is 94.5 Å². The number of hydrogen-bond acceptors (Lipinski definition) is 2. The second-order valence-electron chi connectivity index (χ2n) is 29.5. The van der Waals surface area contributed by atoms with Crippen molar-refractivity contribution in [2.24, 2.45) is 0 Å². The van der Waals surface area contributed by atoms with Gasteiger partial charge in [-0.05, 0) is 171 Å². The van der Waals surface area contributed by atoms with Crippen molar-refractivity contribution in [3.8, 4) is 73.2 Å². The molecule has 0 aliphatic carbocycles. The van der Waals surface area contributed by atoms with Crippen molar-refractivity contribution in [2.45, 2.75) is 112 Å². The molecular formula is C95H88N4OSi. The quantitative estimate of drug-likeness (QED) is 0.0499. The van der Waals surface area contributed by atoms with Gasteiger partial charge in [0.2, 0.25) is 0 Å². The van der Waals surface area contributed by atoms with Crippen LogP contribution in [0.1, 0.15) is 149 Å². The fourth-order valence-corrected chi connectivity index (χ4v) is 17.2. The molecule has 0 atom stereocenters. The molecule has 0 saturated heterocycles. The van der Waals surface area contributed by atoms with Crippen molar-refractivity contribution in [1.29, 1.82) is 0 Å². The minimum atomic E-state index is -6.45. The molecule has 0 unspecified atom stereocenters. The van der Waals surface area contributed by atoms with Crippen molar-refractivity contribution < 1.29 is 47.7 Å². The van der Waals surface area contributed by atoms with Crippen LogP contribution in [-0.2, 0) is 21.7 Å². The van der Waals surface area contributed by atoms with Crippen LogP contribution in [0, 0.1) is 13.2 Å². The number of imidazole rings is 1. The zero-order valence-electron chi connectivity index (χ0n) is 86.1. The lowest BCUT2D eigenvalue weighted by molar-refractivity contribution is -0.570. The van der Waals surface area contributed by atoms with Crippen molar-refractivity contribution >= 4 is 61.7 Å². The molecule has 5 nitrogen and oxygen atoms in total. The normalized spacial score (nSPS) is 16.4. The number of benzene rings is 12. The van der Waals surface area contributed by atoms with E-state index in [1.165, 1.54) is 24.4 Å². The van der Waals surface area contributed by atoms with Crippen LogP contribution in [0.5, 0.6) is 11.5 Å². The van der Waals surface area contributed by atoms with Crippen molar-refractivity contribution in [1.82, 2.24) is 14.1 Å². The Bertz CT molecular complexity index is 6950. The van der Waals surface area contributed by atoms with Gasteiger partial charge in [-0.1, -0.05) is 313 Å². The first-order valence-corrected chi connectivity index (χ1v) is 35.3. The molecule has 6 heteroatoms. The van der Waals surface area contributed by atoms with Gasteiger partial charge in [-0.3, -0.25) is 13.7 Å². The van der Waals surface area contributed by atoms with Gasteiger partial charge in [-0.15, -0.1) is 0 Å². The van der Waals surface area contributed by atoms with Crippen LogP contribution in [0.4, 0.5) is 0 Å². The highest BCUT2D eigenvalue weighted by Crippen LogP contribution is 2.42. The zero-order valence-corrected chi connectivity index (χ0v) is 59.1. The summed E-state index contributed by atoms with van der Waals surface area (Å²) >= 11 is 0. The number of rotatable bonds is 13. The van der Waals surface area contributed by atoms with Crippen LogP contribution in [0.2, 0.25) is 0 Å². The third-order valence-electron chi connectivity index (χ3n) is 18.6. The maximum Gasteiger partial charge on any atom is 0.269 e. The Morgan fingerprint density at radius 2 is 0.931 bits per heavy atom. The monoisotopic (exact) mass is 1360 g/mol. The lowest BCUT2D eigenvalue weighted by Gasteiger charge is -2.37. The fourth-order valence-electron chi connectivity index (χ4n) is 13.2. The van der Waals surface area contributed by atoms with Gasteiger partial charge in [0.1, 0.15) is 17.3 Å². The molecule has 0 N–H and O–H groups in total. The molecule has 0 amide bonds. The molecule has 498 valence electrons. The van der Waals surface area contributed by atoms with E-state index in [1.54, 1.807) is 62.2 Å². The van der Waals surface area contributed by atoms with E-state index in [1.807, 2.05) is 96.1 Å². The predicted molar refractivity (Wildman–Crippen MR) is 427 cm³/mol. The molecule has 0 aliphatic rings. The highest BCUT2D eigenvalue weighted by atomic mass is 28.3. The van der Waals surface area contributed by atoms with Gasteiger partial charge in [-0.25, -0.2) is 4.98 Å². The summed E-state index contributed by atoms with van der Waals surface area (Å²) in [6, 6.07) is 18.1. The molecule has 15 aromatic rings. The number of aryl methyl sites for hydroxylation is 1. The Morgan fingerprint density at radius 1 is 0.416 bits per heavy atom. The van der Waals surface area contributed by atoms with E-state index in [2.05, 4.69) is 66.1 Å². The SMILES string of the molecule is [2H]c1c([2H])c([2H])c(-c2cc(-c3cc(C(C)(C)C)cc(C(C)(C)C)c3)c(-[n+]3[c-]n(-c4cccc(Oc5ccc6c7ccccc7n(-c7cc(C([2H])([2H])[2H])c(-c8c([2H])c([2H])c([2H])c([2H])c8[2H])cn7)c6c5)c4)c4cc(-c5cc(C(C)(C)C)cc(C(C)(C)C)c5)ccc43)c([Si](c3c([2H])c([2H])c([2H])c([2H])c3[2H])(c3c([2H])c([2H])c([2H])c([2H])c3[2H])c3c([2H])c([2H])c([2H])c([2H])c3[2H])c2)c([2H])c1[2H]. The van der Waals surface area contributed by atoms with Gasteiger partial charge in [-0.2, -0.15) is 0 Å². The smallest absolute Gasteiger partial charge is 0.269 e. The largest absolute Gasteiger partial charge is 0.458 e. The van der Waals surface area contributed by atoms with Crippen molar-refractivity contribution in [3.63, 3.8) is 0 Å². The lowest BCUT2D eigenvalue weighted by Crippen LogP contribution is -2.76.